The summed E-state index contributed by atoms with van der Waals surface area (Å²) in [7, 11) is 3.95. The maximum atomic E-state index is 13.1. The number of alkyl halides is 3. The van der Waals surface area contributed by atoms with Gasteiger partial charge in [-0.2, -0.15) is 18.2 Å². The number of benzene rings is 1. The third-order valence-electron chi connectivity index (χ3n) is 4.25. The van der Waals surface area contributed by atoms with Crippen molar-refractivity contribution in [2.24, 2.45) is 0 Å². The molecule has 1 atom stereocenters. The summed E-state index contributed by atoms with van der Waals surface area (Å²) in [5.74, 6) is -1.86. The van der Waals surface area contributed by atoms with Gasteiger partial charge in [-0.1, -0.05) is 12.1 Å². The first-order chi connectivity index (χ1) is 15.5. The minimum atomic E-state index is -5.08. The first-order valence-corrected chi connectivity index (χ1v) is 10.2. The minimum Gasteiger partial charge on any atom is -0.485 e. The highest BCUT2D eigenvalue weighted by molar-refractivity contribution is 9.10. The van der Waals surface area contributed by atoms with Crippen LogP contribution in [0.1, 0.15) is 10.6 Å². The molecule has 1 aromatic carbocycles. The Morgan fingerprint density at radius 1 is 1.30 bits per heavy atom. The number of hydrogen-bond acceptors (Lipinski definition) is 7. The van der Waals surface area contributed by atoms with Crippen LogP contribution in [0.2, 0.25) is 0 Å². The molecule has 3 aromatic rings. The largest absolute Gasteiger partial charge is 0.490 e. The molecule has 1 unspecified atom stereocenters. The molecule has 10 nitrogen and oxygen atoms in total. The van der Waals surface area contributed by atoms with Crippen LogP contribution in [0.3, 0.4) is 0 Å². The van der Waals surface area contributed by atoms with E-state index < -0.39 is 12.1 Å². The molecule has 0 aliphatic carbocycles. The van der Waals surface area contributed by atoms with Gasteiger partial charge >= 0.3 is 12.1 Å². The molecule has 33 heavy (non-hydrogen) atoms. The van der Waals surface area contributed by atoms with Gasteiger partial charge in [-0.15, -0.1) is 5.10 Å². The molecule has 1 aliphatic rings. The number of carbonyl (C=O) groups excluding carboxylic acids is 1. The molecule has 176 valence electrons. The van der Waals surface area contributed by atoms with E-state index in [2.05, 4.69) is 31.0 Å². The zero-order chi connectivity index (χ0) is 24.3. The van der Waals surface area contributed by atoms with Crippen molar-refractivity contribution in [1.29, 1.82) is 0 Å². The molecule has 3 heterocycles. The fraction of sp³-hybridized carbons (Fsp3) is 0.316. The number of carbonyl (C=O) groups is 2. The van der Waals surface area contributed by atoms with Crippen molar-refractivity contribution in [1.82, 2.24) is 24.5 Å². The number of amides is 1. The lowest BCUT2D eigenvalue weighted by Gasteiger charge is -2.35. The molecule has 2 aromatic heterocycles. The van der Waals surface area contributed by atoms with Gasteiger partial charge in [-0.25, -0.2) is 14.3 Å². The second-order valence-corrected chi connectivity index (χ2v) is 8.06. The molecule has 14 heteroatoms. The molecule has 0 fully saturated rings. The van der Waals surface area contributed by atoms with E-state index in [9.17, 15) is 18.0 Å². The van der Waals surface area contributed by atoms with E-state index in [0.717, 1.165) is 10.2 Å². The lowest BCUT2D eigenvalue weighted by molar-refractivity contribution is -0.192. The molecule has 0 radical (unpaired) electrons. The van der Waals surface area contributed by atoms with Crippen LogP contribution >= 0.6 is 15.9 Å². The lowest BCUT2D eigenvalue weighted by Crippen LogP contribution is -2.47. The van der Waals surface area contributed by atoms with Crippen LogP contribution in [0.15, 0.2) is 41.1 Å². The van der Waals surface area contributed by atoms with E-state index in [1.807, 2.05) is 43.3 Å². The van der Waals surface area contributed by atoms with Crippen LogP contribution in [-0.2, 0) is 4.79 Å². The number of aromatic nitrogens is 4. The third-order valence-corrected chi connectivity index (χ3v) is 4.66. The van der Waals surface area contributed by atoms with Crippen molar-refractivity contribution in [2.75, 3.05) is 32.1 Å². The zero-order valence-corrected chi connectivity index (χ0v) is 18.9. The summed E-state index contributed by atoms with van der Waals surface area (Å²) in [6.45, 7) is 1.13. The van der Waals surface area contributed by atoms with Gasteiger partial charge in [0.1, 0.15) is 11.9 Å². The number of likely N-dealkylation sites (N-methyl/N-ethyl adjacent to an activating group) is 1. The SMILES string of the molecule is CN(C)CC1CN(C(=O)c2nc3ncc(Br)cn3n2)c2ccccc2O1.O=C(O)C(F)(F)F. The highest BCUT2D eigenvalue weighted by Gasteiger charge is 2.38. The van der Waals surface area contributed by atoms with Gasteiger partial charge in [0.2, 0.25) is 5.82 Å². The molecule has 0 spiro atoms. The maximum Gasteiger partial charge on any atom is 0.490 e. The topological polar surface area (TPSA) is 113 Å². The summed E-state index contributed by atoms with van der Waals surface area (Å²) in [6, 6.07) is 7.51. The van der Waals surface area contributed by atoms with Gasteiger partial charge in [0.05, 0.1) is 16.7 Å². The normalized spacial score (nSPS) is 15.5. The van der Waals surface area contributed by atoms with Crippen LogP contribution in [-0.4, -0.2) is 80.9 Å². The predicted molar refractivity (Wildman–Crippen MR) is 113 cm³/mol. The van der Waals surface area contributed by atoms with E-state index in [4.69, 9.17) is 14.6 Å². The van der Waals surface area contributed by atoms with Gasteiger partial charge < -0.3 is 14.7 Å². The van der Waals surface area contributed by atoms with E-state index >= 15 is 0 Å². The van der Waals surface area contributed by atoms with Crippen molar-refractivity contribution < 1.29 is 32.6 Å². The number of ether oxygens (including phenoxy) is 1. The predicted octanol–water partition coefficient (Wildman–Crippen LogP) is 2.49. The summed E-state index contributed by atoms with van der Waals surface area (Å²) in [5, 5.41) is 11.4. The fourth-order valence-electron chi connectivity index (χ4n) is 2.96. The second kappa shape index (κ2) is 9.70. The number of nitrogens with zero attached hydrogens (tertiary/aromatic N) is 6. The fourth-order valence-corrected chi connectivity index (χ4v) is 3.26. The highest BCUT2D eigenvalue weighted by Crippen LogP contribution is 2.34. The third kappa shape index (κ3) is 5.96. The Kier molecular flexibility index (Phi) is 7.17. The van der Waals surface area contributed by atoms with Gasteiger partial charge in [0.15, 0.2) is 0 Å². The number of halogens is 4. The van der Waals surface area contributed by atoms with Crippen LogP contribution in [0.25, 0.3) is 5.78 Å². The first kappa shape index (κ1) is 24.4. The lowest BCUT2D eigenvalue weighted by atomic mass is 10.1. The quantitative estimate of drug-likeness (QED) is 0.549. The summed E-state index contributed by atoms with van der Waals surface area (Å²) in [4.78, 5) is 34.2. The number of aliphatic carboxylic acids is 1. The molecular formula is C19H18BrF3N6O4. The molecule has 4 rings (SSSR count). The van der Waals surface area contributed by atoms with Gasteiger partial charge in [-0.05, 0) is 42.2 Å². The van der Waals surface area contributed by atoms with E-state index in [1.54, 1.807) is 17.3 Å². The van der Waals surface area contributed by atoms with E-state index in [0.29, 0.717) is 24.6 Å². The number of carboxylic acid groups (broad SMARTS) is 1. The number of rotatable bonds is 3. The van der Waals surface area contributed by atoms with E-state index in [1.165, 1.54) is 4.52 Å². The van der Waals surface area contributed by atoms with Gasteiger partial charge in [-0.3, -0.25) is 9.69 Å². The Hall–Kier alpha value is -3.26. The van der Waals surface area contributed by atoms with Crippen LogP contribution in [0, 0.1) is 0 Å². The second-order valence-electron chi connectivity index (χ2n) is 7.14. The summed E-state index contributed by atoms with van der Waals surface area (Å²) < 4.78 is 40.0. The Morgan fingerprint density at radius 3 is 2.61 bits per heavy atom. The van der Waals surface area contributed by atoms with Crippen molar-refractivity contribution in [3.63, 3.8) is 0 Å². The Balaban J connectivity index is 0.000000383. The number of hydrogen-bond donors (Lipinski definition) is 1. The average molecular weight is 531 g/mol. The molecular weight excluding hydrogens is 513 g/mol. The van der Waals surface area contributed by atoms with Crippen molar-refractivity contribution in [2.45, 2.75) is 12.3 Å². The Labute approximate surface area is 193 Å². The van der Waals surface area contributed by atoms with Gasteiger partial charge in [0, 0.05) is 18.9 Å². The number of fused-ring (bicyclic) bond motifs is 2. The average Bonchev–Trinajstić information content (AvgIpc) is 3.15. The van der Waals surface area contributed by atoms with Crippen molar-refractivity contribution >= 4 is 39.3 Å². The number of anilines is 1. The van der Waals surface area contributed by atoms with Crippen molar-refractivity contribution in [3.8, 4) is 5.75 Å². The van der Waals surface area contributed by atoms with E-state index in [-0.39, 0.29) is 17.8 Å². The first-order valence-electron chi connectivity index (χ1n) is 9.36. The zero-order valence-electron chi connectivity index (χ0n) is 17.3. The Bertz CT molecular complexity index is 1170. The Morgan fingerprint density at radius 2 is 1.97 bits per heavy atom. The molecule has 1 aliphatic heterocycles. The summed E-state index contributed by atoms with van der Waals surface area (Å²) in [6.07, 6.45) is -1.88. The van der Waals surface area contributed by atoms with Crippen LogP contribution in [0.5, 0.6) is 5.75 Å². The van der Waals surface area contributed by atoms with Gasteiger partial charge in [0.25, 0.3) is 11.7 Å². The van der Waals surface area contributed by atoms with Crippen LogP contribution < -0.4 is 9.64 Å². The molecule has 1 N–H and O–H groups in total. The summed E-state index contributed by atoms with van der Waals surface area (Å²) >= 11 is 3.34. The molecule has 0 bridgehead atoms. The monoisotopic (exact) mass is 530 g/mol. The standard InChI is InChI=1S/C17H17BrN6O2.C2HF3O2/c1-22(2)9-12-10-23(13-5-3-4-6-14(13)26-12)16(25)15-20-17-19-7-11(18)8-24(17)21-15;3-2(4,5)1(6)7/h3-8,12H,9-10H2,1-2H3;(H,6,7). The highest BCUT2D eigenvalue weighted by atomic mass is 79.9. The minimum absolute atomic E-state index is 0.107. The number of para-hydroxylation sites is 2. The van der Waals surface area contributed by atoms with Crippen LogP contribution in [0.4, 0.5) is 18.9 Å². The maximum absolute atomic E-state index is 13.1. The summed E-state index contributed by atoms with van der Waals surface area (Å²) in [5.41, 5.74) is 0.723. The molecule has 0 saturated heterocycles. The van der Waals surface area contributed by atoms with Crippen molar-refractivity contribution in [3.05, 3.63) is 47.0 Å². The molecule has 0 saturated carbocycles. The molecule has 1 amide bonds. The number of carboxylic acids is 1. The smallest absolute Gasteiger partial charge is 0.485 e.